The Labute approximate surface area is 182 Å². The van der Waals surface area contributed by atoms with Gasteiger partial charge in [-0.15, -0.1) is 0 Å². The van der Waals surface area contributed by atoms with E-state index in [-0.39, 0.29) is 11.1 Å². The number of hydrogen-bond acceptors (Lipinski definition) is 7. The van der Waals surface area contributed by atoms with E-state index in [0.717, 1.165) is 43.7 Å². The molecule has 1 aliphatic heterocycles. The van der Waals surface area contributed by atoms with E-state index in [1.54, 1.807) is 0 Å². The van der Waals surface area contributed by atoms with Crippen LogP contribution in [0.1, 0.15) is 10.4 Å². The maximum atomic E-state index is 14.6. The number of fused-ring (bicyclic) bond motifs is 1. The molecule has 1 amide bonds. The first-order chi connectivity index (χ1) is 15.6. The van der Waals surface area contributed by atoms with Crippen molar-refractivity contribution in [3.8, 4) is 11.3 Å². The van der Waals surface area contributed by atoms with E-state index in [4.69, 9.17) is 10.5 Å². The molecule has 0 radical (unpaired) electrons. The maximum Gasteiger partial charge on any atom is 0.248 e. The highest BCUT2D eigenvalue weighted by molar-refractivity contribution is 5.93. The van der Waals surface area contributed by atoms with Gasteiger partial charge in [-0.2, -0.15) is 5.10 Å². The molecule has 0 spiro atoms. The number of carbonyl (C=O) groups is 1. The highest BCUT2D eigenvalue weighted by Gasteiger charge is 2.16. The van der Waals surface area contributed by atoms with E-state index >= 15 is 0 Å². The van der Waals surface area contributed by atoms with Crippen LogP contribution in [0, 0.1) is 5.82 Å². The van der Waals surface area contributed by atoms with Gasteiger partial charge in [0.15, 0.2) is 11.5 Å². The molecule has 162 valence electrons. The van der Waals surface area contributed by atoms with E-state index in [1.807, 2.05) is 24.3 Å². The normalized spacial score (nSPS) is 14.0. The number of nitrogens with two attached hydrogens (primary N) is 1. The number of carbonyl (C=O) groups excluding carboxylic acids is 1. The largest absolute Gasteiger partial charge is 0.378 e. The number of amides is 1. The lowest BCUT2D eigenvalue weighted by molar-refractivity contribution is 0.1000. The summed E-state index contributed by atoms with van der Waals surface area (Å²) < 4.78 is 21.5. The summed E-state index contributed by atoms with van der Waals surface area (Å²) >= 11 is 0. The number of nitrogens with zero attached hydrogens (tertiary/aromatic N) is 5. The lowest BCUT2D eigenvalue weighted by Gasteiger charge is -2.28. The molecule has 2 aromatic heterocycles. The molecule has 32 heavy (non-hydrogen) atoms. The van der Waals surface area contributed by atoms with Crippen molar-refractivity contribution < 1.29 is 13.9 Å². The summed E-state index contributed by atoms with van der Waals surface area (Å²) in [5.74, 6) is -0.808. The van der Waals surface area contributed by atoms with Gasteiger partial charge < -0.3 is 20.7 Å². The summed E-state index contributed by atoms with van der Waals surface area (Å²) in [6.07, 6.45) is 2.89. The Kier molecular flexibility index (Phi) is 5.12. The quantitative estimate of drug-likeness (QED) is 0.498. The topological polar surface area (TPSA) is 111 Å². The van der Waals surface area contributed by atoms with E-state index < -0.39 is 11.7 Å². The molecule has 5 rings (SSSR count). The van der Waals surface area contributed by atoms with Crippen LogP contribution >= 0.6 is 0 Å². The van der Waals surface area contributed by atoms with Gasteiger partial charge in [0.05, 0.1) is 25.1 Å². The fourth-order valence-corrected chi connectivity index (χ4v) is 3.68. The minimum atomic E-state index is -0.696. The van der Waals surface area contributed by atoms with Gasteiger partial charge in [0.1, 0.15) is 12.1 Å². The Morgan fingerprint density at radius 3 is 2.59 bits per heavy atom. The standard InChI is InChI=1S/C22H20FN7O2/c23-18-11-14(20(24)31)1-6-17(18)19-12-25-21(22-26-13-27-30(19)22)28-15-2-4-16(5-3-15)29-7-9-32-10-8-29/h1-6,11-13H,7-10H2,(H2,24,31)(H,25,28). The van der Waals surface area contributed by atoms with Crippen molar-refractivity contribution in [1.82, 2.24) is 19.6 Å². The third kappa shape index (κ3) is 3.71. The van der Waals surface area contributed by atoms with Crippen LogP contribution in [-0.4, -0.2) is 51.8 Å². The number of aromatic nitrogens is 4. The molecule has 3 N–H and O–H groups in total. The first-order valence-corrected chi connectivity index (χ1v) is 10.1. The average molecular weight is 433 g/mol. The second-order valence-corrected chi connectivity index (χ2v) is 7.32. The SMILES string of the molecule is NC(=O)c1ccc(-c2cnc(Nc3ccc(N4CCOCC4)cc3)c3ncnn23)c(F)c1. The smallest absolute Gasteiger partial charge is 0.248 e. The number of anilines is 3. The van der Waals surface area contributed by atoms with E-state index in [0.29, 0.717) is 17.2 Å². The van der Waals surface area contributed by atoms with E-state index in [9.17, 15) is 9.18 Å². The summed E-state index contributed by atoms with van der Waals surface area (Å²) in [5.41, 5.74) is 8.37. The minimum absolute atomic E-state index is 0.0906. The van der Waals surface area contributed by atoms with E-state index in [1.165, 1.54) is 29.2 Å². The maximum absolute atomic E-state index is 14.6. The molecule has 10 heteroatoms. The third-order valence-corrected chi connectivity index (χ3v) is 5.34. The van der Waals surface area contributed by atoms with Gasteiger partial charge in [-0.3, -0.25) is 4.79 Å². The molecule has 0 bridgehead atoms. The second-order valence-electron chi connectivity index (χ2n) is 7.32. The zero-order chi connectivity index (χ0) is 22.1. The lowest BCUT2D eigenvalue weighted by atomic mass is 10.1. The minimum Gasteiger partial charge on any atom is -0.378 e. The molecular formula is C22H20FN7O2. The monoisotopic (exact) mass is 433 g/mol. The van der Waals surface area contributed by atoms with Crippen molar-refractivity contribution >= 4 is 28.7 Å². The Morgan fingerprint density at radius 1 is 1.09 bits per heavy atom. The molecule has 4 aromatic rings. The van der Waals surface area contributed by atoms with Crippen LogP contribution in [0.2, 0.25) is 0 Å². The molecule has 9 nitrogen and oxygen atoms in total. The number of hydrogen-bond donors (Lipinski definition) is 2. The van der Waals surface area contributed by atoms with Gasteiger partial charge >= 0.3 is 0 Å². The molecule has 1 saturated heterocycles. The van der Waals surface area contributed by atoms with Crippen LogP contribution in [0.25, 0.3) is 16.9 Å². The van der Waals surface area contributed by atoms with Crippen molar-refractivity contribution in [2.24, 2.45) is 5.73 Å². The number of rotatable bonds is 5. The molecule has 0 aliphatic carbocycles. The van der Waals surface area contributed by atoms with Gasteiger partial charge in [-0.1, -0.05) is 0 Å². The van der Waals surface area contributed by atoms with Crippen molar-refractivity contribution in [3.63, 3.8) is 0 Å². The van der Waals surface area contributed by atoms with Crippen LogP contribution in [0.3, 0.4) is 0 Å². The van der Waals surface area contributed by atoms with Gasteiger partial charge in [0.2, 0.25) is 5.91 Å². The number of primary amides is 1. The van der Waals surface area contributed by atoms with Gasteiger partial charge in [0.25, 0.3) is 0 Å². The summed E-state index contributed by atoms with van der Waals surface area (Å²) in [5, 5.41) is 7.47. The van der Waals surface area contributed by atoms with E-state index in [2.05, 4.69) is 25.3 Å². The number of halogens is 1. The number of ether oxygens (including phenoxy) is 1. The Bertz CT molecular complexity index is 1280. The Morgan fingerprint density at radius 2 is 1.88 bits per heavy atom. The molecule has 3 heterocycles. The van der Waals surface area contributed by atoms with Crippen molar-refractivity contribution in [2.45, 2.75) is 0 Å². The first kappa shape index (κ1) is 19.9. The summed E-state index contributed by atoms with van der Waals surface area (Å²) in [6, 6.07) is 12.1. The number of nitrogens with one attached hydrogen (secondary N) is 1. The van der Waals surface area contributed by atoms with Crippen LogP contribution in [0.4, 0.5) is 21.6 Å². The van der Waals surface area contributed by atoms with Crippen LogP contribution in [0.15, 0.2) is 55.0 Å². The second kappa shape index (κ2) is 8.23. The molecule has 1 aliphatic rings. The van der Waals surface area contributed by atoms with Crippen LogP contribution in [0.5, 0.6) is 0 Å². The predicted molar refractivity (Wildman–Crippen MR) is 117 cm³/mol. The van der Waals surface area contributed by atoms with Gasteiger partial charge in [-0.25, -0.2) is 18.9 Å². The van der Waals surface area contributed by atoms with Crippen molar-refractivity contribution in [2.75, 3.05) is 36.5 Å². The lowest BCUT2D eigenvalue weighted by Crippen LogP contribution is -2.36. The zero-order valence-electron chi connectivity index (χ0n) is 17.0. The number of benzene rings is 2. The highest BCUT2D eigenvalue weighted by atomic mass is 19.1. The summed E-state index contributed by atoms with van der Waals surface area (Å²) in [4.78, 5) is 22.3. The van der Waals surface area contributed by atoms with Gasteiger partial charge in [0, 0.05) is 35.6 Å². The van der Waals surface area contributed by atoms with Crippen LogP contribution in [-0.2, 0) is 4.74 Å². The third-order valence-electron chi connectivity index (χ3n) is 5.34. The molecule has 0 atom stereocenters. The molecule has 1 fully saturated rings. The van der Waals surface area contributed by atoms with Gasteiger partial charge in [-0.05, 0) is 42.5 Å². The molecular weight excluding hydrogens is 413 g/mol. The Balaban J connectivity index is 1.43. The van der Waals surface area contributed by atoms with Crippen molar-refractivity contribution in [3.05, 3.63) is 66.4 Å². The van der Waals surface area contributed by atoms with Crippen molar-refractivity contribution in [1.29, 1.82) is 0 Å². The Hall–Kier alpha value is -4.05. The summed E-state index contributed by atoms with van der Waals surface area (Å²) in [6.45, 7) is 3.19. The molecule has 2 aromatic carbocycles. The predicted octanol–water partition coefficient (Wildman–Crippen LogP) is 2.61. The van der Waals surface area contributed by atoms with Crippen LogP contribution < -0.4 is 16.0 Å². The average Bonchev–Trinajstić information content (AvgIpc) is 3.31. The number of morpholine rings is 1. The summed E-state index contributed by atoms with van der Waals surface area (Å²) in [7, 11) is 0. The fraction of sp³-hybridized carbons (Fsp3) is 0.182. The first-order valence-electron chi connectivity index (χ1n) is 10.1. The zero-order valence-corrected chi connectivity index (χ0v) is 17.0. The molecule has 0 unspecified atom stereocenters. The fourth-order valence-electron chi connectivity index (χ4n) is 3.68. The highest BCUT2D eigenvalue weighted by Crippen LogP contribution is 2.27. The molecule has 0 saturated carbocycles.